The van der Waals surface area contributed by atoms with Gasteiger partial charge in [-0.25, -0.2) is 8.42 Å². The standard InChI is InChI=1S/C27H27F3N2O4S/c1-18-11-13-21(14-12-18)37(34,35)32(20-8-6-7-19(15-20)27(28,29)30)17-25(33)31-23-16-26(2,3)36-24-10-5-4-9-22(23)24/h4-15,23H,16-17H2,1-3H3,(H,31,33). The zero-order valence-electron chi connectivity index (χ0n) is 20.5. The van der Waals surface area contributed by atoms with Gasteiger partial charge in [0.05, 0.1) is 22.2 Å². The Kier molecular flexibility index (Phi) is 6.98. The number of alkyl halides is 3. The van der Waals surface area contributed by atoms with Crippen LogP contribution in [-0.2, 0) is 21.0 Å². The van der Waals surface area contributed by atoms with E-state index in [1.54, 1.807) is 31.2 Å². The number of rotatable bonds is 6. The van der Waals surface area contributed by atoms with Gasteiger partial charge in [0, 0.05) is 12.0 Å². The van der Waals surface area contributed by atoms with Crippen molar-refractivity contribution in [3.63, 3.8) is 0 Å². The van der Waals surface area contributed by atoms with Crippen LogP contribution in [0.4, 0.5) is 18.9 Å². The topological polar surface area (TPSA) is 75.7 Å². The highest BCUT2D eigenvalue weighted by Crippen LogP contribution is 2.39. The molecule has 0 spiro atoms. The maximum Gasteiger partial charge on any atom is 0.416 e. The van der Waals surface area contributed by atoms with Gasteiger partial charge in [-0.15, -0.1) is 0 Å². The van der Waals surface area contributed by atoms with Crippen molar-refractivity contribution in [3.05, 3.63) is 89.5 Å². The number of sulfonamides is 1. The molecule has 1 aliphatic rings. The molecule has 0 aliphatic carbocycles. The molecular weight excluding hydrogens is 505 g/mol. The number of hydrogen-bond donors (Lipinski definition) is 1. The van der Waals surface area contributed by atoms with Crippen molar-refractivity contribution in [3.8, 4) is 5.75 Å². The quantitative estimate of drug-likeness (QED) is 0.447. The molecular formula is C27H27F3N2O4S. The van der Waals surface area contributed by atoms with Gasteiger partial charge in [0.15, 0.2) is 0 Å². The third-order valence-electron chi connectivity index (χ3n) is 6.07. The summed E-state index contributed by atoms with van der Waals surface area (Å²) in [6, 6.07) is 16.5. The number of benzene rings is 3. The van der Waals surface area contributed by atoms with E-state index in [-0.39, 0.29) is 10.6 Å². The summed E-state index contributed by atoms with van der Waals surface area (Å²) in [5, 5.41) is 2.86. The van der Waals surface area contributed by atoms with E-state index < -0.39 is 45.9 Å². The Balaban J connectivity index is 1.69. The number of carbonyl (C=O) groups excluding carboxylic acids is 1. The van der Waals surface area contributed by atoms with Crippen LogP contribution in [0.2, 0.25) is 0 Å². The Labute approximate surface area is 214 Å². The van der Waals surface area contributed by atoms with Gasteiger partial charge in [-0.3, -0.25) is 9.10 Å². The van der Waals surface area contributed by atoms with Gasteiger partial charge in [-0.1, -0.05) is 42.0 Å². The highest BCUT2D eigenvalue weighted by molar-refractivity contribution is 7.92. The lowest BCUT2D eigenvalue weighted by Gasteiger charge is -2.38. The van der Waals surface area contributed by atoms with Crippen molar-refractivity contribution in [2.45, 2.75) is 49.9 Å². The molecule has 1 atom stereocenters. The molecule has 0 aromatic heterocycles. The van der Waals surface area contributed by atoms with Crippen LogP contribution in [0.3, 0.4) is 0 Å². The maximum atomic E-state index is 13.6. The van der Waals surface area contributed by atoms with E-state index in [1.165, 1.54) is 18.2 Å². The van der Waals surface area contributed by atoms with Gasteiger partial charge >= 0.3 is 6.18 Å². The summed E-state index contributed by atoms with van der Waals surface area (Å²) >= 11 is 0. The number of amides is 1. The molecule has 1 amide bonds. The van der Waals surface area contributed by atoms with E-state index in [9.17, 15) is 26.4 Å². The van der Waals surface area contributed by atoms with Gasteiger partial charge in [-0.2, -0.15) is 13.2 Å². The lowest BCUT2D eigenvalue weighted by molar-refractivity contribution is -0.137. The van der Waals surface area contributed by atoms with Crippen molar-refractivity contribution in [2.75, 3.05) is 10.8 Å². The molecule has 6 nitrogen and oxygen atoms in total. The second kappa shape index (κ2) is 9.74. The summed E-state index contributed by atoms with van der Waals surface area (Å²) in [5.74, 6) is -0.0586. The fourth-order valence-corrected chi connectivity index (χ4v) is 5.70. The largest absolute Gasteiger partial charge is 0.487 e. The molecule has 0 saturated carbocycles. The zero-order valence-corrected chi connectivity index (χ0v) is 21.4. The zero-order chi connectivity index (χ0) is 27.0. The Morgan fingerprint density at radius 2 is 1.73 bits per heavy atom. The molecule has 4 rings (SSSR count). The number of ether oxygens (including phenoxy) is 1. The second-order valence-electron chi connectivity index (χ2n) is 9.60. The molecule has 37 heavy (non-hydrogen) atoms. The minimum absolute atomic E-state index is 0.138. The SMILES string of the molecule is Cc1ccc(S(=O)(=O)N(CC(=O)NC2CC(C)(C)Oc3ccccc32)c2cccc(C(F)(F)F)c2)cc1. The molecule has 1 N–H and O–H groups in total. The summed E-state index contributed by atoms with van der Waals surface area (Å²) in [6.45, 7) is 4.82. The van der Waals surface area contributed by atoms with E-state index in [4.69, 9.17) is 4.74 Å². The number of carbonyl (C=O) groups is 1. The van der Waals surface area contributed by atoms with Gasteiger partial charge in [0.1, 0.15) is 17.9 Å². The molecule has 10 heteroatoms. The normalized spacial score (nSPS) is 16.9. The number of fused-ring (bicyclic) bond motifs is 1. The van der Waals surface area contributed by atoms with Crippen molar-refractivity contribution in [1.82, 2.24) is 5.32 Å². The van der Waals surface area contributed by atoms with Crippen LogP contribution in [0.25, 0.3) is 0 Å². The molecule has 0 fully saturated rings. The fourth-order valence-electron chi connectivity index (χ4n) is 4.29. The van der Waals surface area contributed by atoms with Gasteiger partial charge in [0.2, 0.25) is 5.91 Å². The molecule has 1 heterocycles. The van der Waals surface area contributed by atoms with Crippen molar-refractivity contribution in [2.24, 2.45) is 0 Å². The first-order valence-corrected chi connectivity index (χ1v) is 13.0. The monoisotopic (exact) mass is 532 g/mol. The Morgan fingerprint density at radius 1 is 1.05 bits per heavy atom. The van der Waals surface area contributed by atoms with Crippen molar-refractivity contribution in [1.29, 1.82) is 0 Å². The van der Waals surface area contributed by atoms with E-state index >= 15 is 0 Å². The fraction of sp³-hybridized carbons (Fsp3) is 0.296. The predicted octanol–water partition coefficient (Wildman–Crippen LogP) is 5.63. The van der Waals surface area contributed by atoms with Gasteiger partial charge < -0.3 is 10.1 Å². The Bertz CT molecular complexity index is 1400. The van der Waals surface area contributed by atoms with E-state index in [2.05, 4.69) is 5.32 Å². The number of anilines is 1. The van der Waals surface area contributed by atoms with E-state index in [1.807, 2.05) is 26.0 Å². The Hall–Kier alpha value is -3.53. The molecule has 196 valence electrons. The molecule has 0 saturated heterocycles. The summed E-state index contributed by atoms with van der Waals surface area (Å²) < 4.78 is 74.1. The van der Waals surface area contributed by atoms with Crippen LogP contribution in [0.15, 0.2) is 77.7 Å². The maximum absolute atomic E-state index is 13.6. The average molecular weight is 533 g/mol. The van der Waals surface area contributed by atoms with Crippen LogP contribution < -0.4 is 14.4 Å². The highest BCUT2D eigenvalue weighted by atomic mass is 32.2. The summed E-state index contributed by atoms with van der Waals surface area (Å²) in [4.78, 5) is 13.1. The second-order valence-corrected chi connectivity index (χ2v) is 11.5. The first kappa shape index (κ1) is 26.5. The van der Waals surface area contributed by atoms with E-state index in [0.717, 1.165) is 29.3 Å². The first-order chi connectivity index (χ1) is 17.3. The van der Waals surface area contributed by atoms with Gasteiger partial charge in [-0.05, 0) is 57.2 Å². The van der Waals surface area contributed by atoms with E-state index in [0.29, 0.717) is 16.5 Å². The lowest BCUT2D eigenvalue weighted by Crippen LogP contribution is -2.45. The average Bonchev–Trinajstić information content (AvgIpc) is 2.81. The molecule has 3 aromatic carbocycles. The van der Waals surface area contributed by atoms with Crippen LogP contribution in [0.5, 0.6) is 5.75 Å². The van der Waals surface area contributed by atoms with Crippen molar-refractivity contribution >= 4 is 21.6 Å². The highest BCUT2D eigenvalue weighted by Gasteiger charge is 2.36. The minimum Gasteiger partial charge on any atom is -0.487 e. The summed E-state index contributed by atoms with van der Waals surface area (Å²) in [6.07, 6.45) is -4.26. The Morgan fingerprint density at radius 3 is 2.41 bits per heavy atom. The first-order valence-electron chi connectivity index (χ1n) is 11.6. The lowest BCUT2D eigenvalue weighted by atomic mass is 9.89. The summed E-state index contributed by atoms with van der Waals surface area (Å²) in [7, 11) is -4.37. The molecule has 1 aliphatic heterocycles. The molecule has 0 bridgehead atoms. The minimum atomic E-state index is -4.69. The van der Waals surface area contributed by atoms with Crippen LogP contribution in [-0.4, -0.2) is 26.5 Å². The molecule has 0 radical (unpaired) electrons. The number of nitrogens with one attached hydrogen (secondary N) is 1. The third kappa shape index (κ3) is 5.90. The van der Waals surface area contributed by atoms with Crippen LogP contribution >= 0.6 is 0 Å². The number of halogens is 3. The number of hydrogen-bond acceptors (Lipinski definition) is 4. The van der Waals surface area contributed by atoms with Crippen LogP contribution in [0.1, 0.15) is 43.0 Å². The molecule has 1 unspecified atom stereocenters. The van der Waals surface area contributed by atoms with Gasteiger partial charge in [0.25, 0.3) is 10.0 Å². The number of nitrogens with zero attached hydrogens (tertiary/aromatic N) is 1. The van der Waals surface area contributed by atoms with Crippen LogP contribution in [0, 0.1) is 6.92 Å². The smallest absolute Gasteiger partial charge is 0.416 e. The van der Waals surface area contributed by atoms with Crippen molar-refractivity contribution < 1.29 is 31.1 Å². The number of aryl methyl sites for hydroxylation is 1. The predicted molar refractivity (Wildman–Crippen MR) is 134 cm³/mol. The third-order valence-corrected chi connectivity index (χ3v) is 7.86. The molecule has 3 aromatic rings. The number of para-hydroxylation sites is 1. The summed E-state index contributed by atoms with van der Waals surface area (Å²) in [5.41, 5.74) is -0.334.